The van der Waals surface area contributed by atoms with E-state index in [0.29, 0.717) is 12.6 Å². The molecular weight excluding hydrogens is 236 g/mol. The molecule has 0 aromatic heterocycles. The Labute approximate surface area is 117 Å². The molecule has 0 saturated carbocycles. The van der Waals surface area contributed by atoms with Crippen molar-refractivity contribution in [3.05, 3.63) is 29.3 Å². The van der Waals surface area contributed by atoms with E-state index in [0.717, 1.165) is 19.5 Å². The molecule has 0 bridgehead atoms. The molecule has 0 radical (unpaired) electrons. The molecule has 0 unspecified atom stereocenters. The highest BCUT2D eigenvalue weighted by Gasteiger charge is 2.10. The van der Waals surface area contributed by atoms with Crippen molar-refractivity contribution in [2.45, 2.75) is 46.7 Å². The Bertz CT molecular complexity index is 377. The molecule has 0 heterocycles. The van der Waals surface area contributed by atoms with E-state index < -0.39 is 0 Å². The lowest BCUT2D eigenvalue weighted by atomic mass is 10.1. The standard InChI is InChI=1S/C16H28N2O/c1-5-8-17-12-15-6-7-16(11-14(15)4)18(9-10-19)13(2)3/h6-7,11,13,17,19H,5,8-10,12H2,1-4H3. The Morgan fingerprint density at radius 1 is 1.32 bits per heavy atom. The summed E-state index contributed by atoms with van der Waals surface area (Å²) < 4.78 is 0. The molecular formula is C16H28N2O. The molecule has 0 aliphatic carbocycles. The van der Waals surface area contributed by atoms with Gasteiger partial charge in [0.1, 0.15) is 0 Å². The first-order valence-electron chi connectivity index (χ1n) is 7.27. The molecule has 108 valence electrons. The predicted octanol–water partition coefficient (Wildman–Crippen LogP) is 2.70. The lowest BCUT2D eigenvalue weighted by Crippen LogP contribution is -2.33. The Morgan fingerprint density at radius 3 is 2.58 bits per heavy atom. The number of hydrogen-bond donors (Lipinski definition) is 2. The van der Waals surface area contributed by atoms with Crippen LogP contribution in [0.5, 0.6) is 0 Å². The number of anilines is 1. The normalized spacial score (nSPS) is 11.1. The number of nitrogens with zero attached hydrogens (tertiary/aromatic N) is 1. The highest BCUT2D eigenvalue weighted by molar-refractivity contribution is 5.51. The largest absolute Gasteiger partial charge is 0.395 e. The molecule has 3 heteroatoms. The van der Waals surface area contributed by atoms with E-state index in [-0.39, 0.29) is 6.61 Å². The molecule has 0 spiro atoms. The van der Waals surface area contributed by atoms with Crippen LogP contribution in [0, 0.1) is 6.92 Å². The topological polar surface area (TPSA) is 35.5 Å². The van der Waals surface area contributed by atoms with Crippen molar-refractivity contribution in [3.8, 4) is 0 Å². The summed E-state index contributed by atoms with van der Waals surface area (Å²) in [5, 5.41) is 12.6. The lowest BCUT2D eigenvalue weighted by Gasteiger charge is -2.29. The summed E-state index contributed by atoms with van der Waals surface area (Å²) in [4.78, 5) is 2.23. The van der Waals surface area contributed by atoms with Crippen LogP contribution < -0.4 is 10.2 Å². The van der Waals surface area contributed by atoms with Crippen LogP contribution in [0.4, 0.5) is 5.69 Å². The summed E-state index contributed by atoms with van der Waals surface area (Å²) in [5.74, 6) is 0. The minimum absolute atomic E-state index is 0.192. The van der Waals surface area contributed by atoms with Crippen LogP contribution >= 0.6 is 0 Å². The highest BCUT2D eigenvalue weighted by atomic mass is 16.3. The van der Waals surface area contributed by atoms with E-state index in [1.165, 1.54) is 16.8 Å². The molecule has 2 N–H and O–H groups in total. The number of aryl methyl sites for hydroxylation is 1. The summed E-state index contributed by atoms with van der Waals surface area (Å²) >= 11 is 0. The summed E-state index contributed by atoms with van der Waals surface area (Å²) in [6.45, 7) is 11.5. The Morgan fingerprint density at radius 2 is 2.05 bits per heavy atom. The SMILES string of the molecule is CCCNCc1ccc(N(CCO)C(C)C)cc1C. The van der Waals surface area contributed by atoms with Crippen molar-refractivity contribution < 1.29 is 5.11 Å². The quantitative estimate of drug-likeness (QED) is 0.709. The molecule has 0 fully saturated rings. The molecule has 1 rings (SSSR count). The van der Waals surface area contributed by atoms with Gasteiger partial charge >= 0.3 is 0 Å². The van der Waals surface area contributed by atoms with Gasteiger partial charge in [0.05, 0.1) is 6.61 Å². The number of nitrogens with one attached hydrogen (secondary N) is 1. The maximum absolute atomic E-state index is 9.16. The monoisotopic (exact) mass is 264 g/mol. The van der Waals surface area contributed by atoms with Crippen LogP contribution in [-0.4, -0.2) is 30.8 Å². The van der Waals surface area contributed by atoms with Gasteiger partial charge in [-0.15, -0.1) is 0 Å². The first-order chi connectivity index (χ1) is 9.10. The van der Waals surface area contributed by atoms with Gasteiger partial charge in [-0.25, -0.2) is 0 Å². The highest BCUT2D eigenvalue weighted by Crippen LogP contribution is 2.21. The van der Waals surface area contributed by atoms with Crippen molar-refractivity contribution in [2.75, 3.05) is 24.6 Å². The molecule has 0 saturated heterocycles. The van der Waals surface area contributed by atoms with E-state index >= 15 is 0 Å². The lowest BCUT2D eigenvalue weighted by molar-refractivity contribution is 0.299. The number of benzene rings is 1. The van der Waals surface area contributed by atoms with Gasteiger partial charge in [-0.1, -0.05) is 13.0 Å². The second-order valence-electron chi connectivity index (χ2n) is 5.30. The molecule has 0 atom stereocenters. The molecule has 19 heavy (non-hydrogen) atoms. The van der Waals surface area contributed by atoms with Gasteiger partial charge in [0, 0.05) is 24.8 Å². The number of aliphatic hydroxyl groups is 1. The van der Waals surface area contributed by atoms with E-state index in [4.69, 9.17) is 5.11 Å². The van der Waals surface area contributed by atoms with Gasteiger partial charge in [0.15, 0.2) is 0 Å². The first-order valence-corrected chi connectivity index (χ1v) is 7.27. The molecule has 1 aromatic carbocycles. The molecule has 0 amide bonds. The maximum atomic E-state index is 9.16. The Hall–Kier alpha value is -1.06. The number of aliphatic hydroxyl groups excluding tert-OH is 1. The van der Waals surface area contributed by atoms with E-state index in [1.807, 2.05) is 0 Å². The summed E-state index contributed by atoms with van der Waals surface area (Å²) in [6.07, 6.45) is 1.16. The fourth-order valence-electron chi connectivity index (χ4n) is 2.25. The summed E-state index contributed by atoms with van der Waals surface area (Å²) in [5.41, 5.74) is 3.86. The fraction of sp³-hybridized carbons (Fsp3) is 0.625. The van der Waals surface area contributed by atoms with Gasteiger partial charge in [-0.2, -0.15) is 0 Å². The summed E-state index contributed by atoms with van der Waals surface area (Å²) in [7, 11) is 0. The zero-order chi connectivity index (χ0) is 14.3. The van der Waals surface area contributed by atoms with Gasteiger partial charge in [0.25, 0.3) is 0 Å². The van der Waals surface area contributed by atoms with Crippen molar-refractivity contribution in [2.24, 2.45) is 0 Å². The van der Waals surface area contributed by atoms with Gasteiger partial charge < -0.3 is 15.3 Å². The smallest absolute Gasteiger partial charge is 0.0606 e. The van der Waals surface area contributed by atoms with Crippen LogP contribution in [0.3, 0.4) is 0 Å². The Kier molecular flexibility index (Phi) is 6.89. The van der Waals surface area contributed by atoms with E-state index in [2.05, 4.69) is 56.1 Å². The number of rotatable bonds is 8. The van der Waals surface area contributed by atoms with Crippen molar-refractivity contribution >= 4 is 5.69 Å². The molecule has 0 aliphatic rings. The first kappa shape index (κ1) is 16.0. The predicted molar refractivity (Wildman–Crippen MR) is 82.7 cm³/mol. The molecule has 1 aromatic rings. The average molecular weight is 264 g/mol. The third kappa shape index (κ3) is 4.84. The minimum atomic E-state index is 0.192. The minimum Gasteiger partial charge on any atom is -0.395 e. The third-order valence-electron chi connectivity index (χ3n) is 3.36. The second kappa shape index (κ2) is 8.18. The fourth-order valence-corrected chi connectivity index (χ4v) is 2.25. The van der Waals surface area contributed by atoms with Gasteiger partial charge in [-0.05, 0) is 57.0 Å². The van der Waals surface area contributed by atoms with Crippen LogP contribution in [0.15, 0.2) is 18.2 Å². The van der Waals surface area contributed by atoms with Crippen LogP contribution in [-0.2, 0) is 6.54 Å². The van der Waals surface area contributed by atoms with Gasteiger partial charge in [-0.3, -0.25) is 0 Å². The zero-order valence-electron chi connectivity index (χ0n) is 12.7. The van der Waals surface area contributed by atoms with Gasteiger partial charge in [0.2, 0.25) is 0 Å². The maximum Gasteiger partial charge on any atom is 0.0606 e. The zero-order valence-corrected chi connectivity index (χ0v) is 12.7. The van der Waals surface area contributed by atoms with E-state index in [9.17, 15) is 0 Å². The molecule has 3 nitrogen and oxygen atoms in total. The second-order valence-corrected chi connectivity index (χ2v) is 5.30. The van der Waals surface area contributed by atoms with Crippen molar-refractivity contribution in [3.63, 3.8) is 0 Å². The third-order valence-corrected chi connectivity index (χ3v) is 3.36. The van der Waals surface area contributed by atoms with Crippen LogP contribution in [0.1, 0.15) is 38.3 Å². The van der Waals surface area contributed by atoms with Crippen molar-refractivity contribution in [1.82, 2.24) is 5.32 Å². The number of hydrogen-bond acceptors (Lipinski definition) is 3. The van der Waals surface area contributed by atoms with Crippen LogP contribution in [0.2, 0.25) is 0 Å². The molecule has 0 aliphatic heterocycles. The average Bonchev–Trinajstić information content (AvgIpc) is 2.37. The summed E-state index contributed by atoms with van der Waals surface area (Å²) in [6, 6.07) is 6.97. The van der Waals surface area contributed by atoms with Crippen LogP contribution in [0.25, 0.3) is 0 Å². The van der Waals surface area contributed by atoms with Crippen molar-refractivity contribution in [1.29, 1.82) is 0 Å². The Balaban J connectivity index is 2.79. The van der Waals surface area contributed by atoms with E-state index in [1.54, 1.807) is 0 Å².